The minimum Gasteiger partial charge on any atom is -0.494 e. The molecule has 112 valence electrons. The Balaban J connectivity index is 0.00000220. The second-order valence-electron chi connectivity index (χ2n) is 3.94. The average molecular weight is 327 g/mol. The molecule has 0 spiro atoms. The molecule has 2 aromatic rings. The fourth-order valence-electron chi connectivity index (χ4n) is 1.64. The first-order valence-electron chi connectivity index (χ1n) is 5.86. The number of hydrogen-bond donors (Lipinski definition) is 2. The van der Waals surface area contributed by atoms with Crippen LogP contribution in [0.5, 0.6) is 5.75 Å². The second-order valence-corrected chi connectivity index (χ2v) is 4.89. The Morgan fingerprint density at radius 2 is 2.19 bits per heavy atom. The highest BCUT2D eigenvalue weighted by molar-refractivity contribution is 7.12. The summed E-state index contributed by atoms with van der Waals surface area (Å²) in [6.45, 7) is -0.539. The van der Waals surface area contributed by atoms with Crippen LogP contribution in [0.15, 0.2) is 40.7 Å². The Hall–Kier alpha value is -1.89. The highest BCUT2D eigenvalue weighted by Gasteiger charge is 2.10. The maximum absolute atomic E-state index is 11.4. The van der Waals surface area contributed by atoms with Gasteiger partial charge >= 0.3 is 0 Å². The smallest absolute Gasteiger partial charge is 0.188 e. The lowest BCUT2D eigenvalue weighted by Crippen LogP contribution is -2.11. The molecule has 0 unspecified atom stereocenters. The first kappa shape index (κ1) is 17.2. The predicted molar refractivity (Wildman–Crippen MR) is 86.4 cm³/mol. The molecule has 7 heteroatoms. The van der Waals surface area contributed by atoms with E-state index in [4.69, 9.17) is 15.6 Å². The number of aliphatic hydroxyl groups is 1. The molecule has 0 amide bonds. The van der Waals surface area contributed by atoms with Gasteiger partial charge in [-0.15, -0.1) is 23.7 Å². The van der Waals surface area contributed by atoms with Crippen LogP contribution in [0.2, 0.25) is 0 Å². The standard InChI is InChI=1S/C14H14N2O3S.ClH/c1-19-12-7-9(11(18)8-17)4-5-10(12)16-14(15)13-3-2-6-20-13;/h2-7,17H,8H2,1H3,(H2,15,16);1H. The molecule has 2 rings (SSSR count). The lowest BCUT2D eigenvalue weighted by molar-refractivity contribution is 0.0903. The summed E-state index contributed by atoms with van der Waals surface area (Å²) in [5, 5.41) is 10.8. The van der Waals surface area contributed by atoms with Gasteiger partial charge in [-0.3, -0.25) is 4.79 Å². The van der Waals surface area contributed by atoms with Crippen molar-refractivity contribution in [2.24, 2.45) is 10.7 Å². The Kier molecular flexibility index (Phi) is 6.36. The Bertz CT molecular complexity index is 642. The Morgan fingerprint density at radius 1 is 1.43 bits per heavy atom. The van der Waals surface area contributed by atoms with Crippen molar-refractivity contribution in [2.75, 3.05) is 13.7 Å². The van der Waals surface area contributed by atoms with E-state index in [0.29, 0.717) is 22.8 Å². The summed E-state index contributed by atoms with van der Waals surface area (Å²) < 4.78 is 5.21. The number of thiophene rings is 1. The van der Waals surface area contributed by atoms with Crippen LogP contribution in [-0.2, 0) is 0 Å². The van der Waals surface area contributed by atoms with Gasteiger partial charge in [-0.1, -0.05) is 6.07 Å². The summed E-state index contributed by atoms with van der Waals surface area (Å²) >= 11 is 1.49. The van der Waals surface area contributed by atoms with Gasteiger partial charge in [0.2, 0.25) is 0 Å². The molecule has 0 saturated heterocycles. The van der Waals surface area contributed by atoms with E-state index in [1.807, 2.05) is 17.5 Å². The van der Waals surface area contributed by atoms with E-state index in [9.17, 15) is 4.79 Å². The minimum atomic E-state index is -0.539. The van der Waals surface area contributed by atoms with Crippen molar-refractivity contribution in [2.45, 2.75) is 0 Å². The number of halogens is 1. The second kappa shape index (κ2) is 7.78. The number of aliphatic hydroxyl groups excluding tert-OH is 1. The van der Waals surface area contributed by atoms with Crippen molar-refractivity contribution in [3.63, 3.8) is 0 Å². The summed E-state index contributed by atoms with van der Waals surface area (Å²) in [7, 11) is 1.49. The summed E-state index contributed by atoms with van der Waals surface area (Å²) in [5.41, 5.74) is 6.83. The van der Waals surface area contributed by atoms with E-state index in [1.54, 1.807) is 18.2 Å². The van der Waals surface area contributed by atoms with Crippen molar-refractivity contribution in [1.82, 2.24) is 0 Å². The number of nitrogens with zero attached hydrogens (tertiary/aromatic N) is 1. The molecule has 1 aromatic carbocycles. The molecule has 0 aliphatic rings. The van der Waals surface area contributed by atoms with Gasteiger partial charge in [0.25, 0.3) is 0 Å². The molecule has 5 nitrogen and oxygen atoms in total. The summed E-state index contributed by atoms with van der Waals surface area (Å²) in [6, 6.07) is 8.53. The molecule has 0 fully saturated rings. The van der Waals surface area contributed by atoms with Gasteiger partial charge in [0.15, 0.2) is 5.78 Å². The number of methoxy groups -OCH3 is 1. The third-order valence-electron chi connectivity index (χ3n) is 2.66. The molecule has 1 heterocycles. The van der Waals surface area contributed by atoms with Gasteiger partial charge in [0.05, 0.1) is 12.0 Å². The first-order chi connectivity index (χ1) is 9.65. The van der Waals surface area contributed by atoms with E-state index in [-0.39, 0.29) is 18.2 Å². The third-order valence-corrected chi connectivity index (χ3v) is 3.55. The summed E-state index contributed by atoms with van der Waals surface area (Å²) in [6.07, 6.45) is 0. The number of rotatable bonds is 5. The van der Waals surface area contributed by atoms with E-state index in [1.165, 1.54) is 18.4 Å². The molecule has 1 aromatic heterocycles. The number of Topliss-reactive ketones (excluding diaryl/α,β-unsaturated/α-hetero) is 1. The van der Waals surface area contributed by atoms with Crippen LogP contribution in [0.3, 0.4) is 0 Å². The number of carbonyl (C=O) groups is 1. The Labute approximate surface area is 132 Å². The number of carbonyl (C=O) groups excluding carboxylic acids is 1. The highest BCUT2D eigenvalue weighted by atomic mass is 35.5. The number of aliphatic imine (C=N–C) groups is 1. The van der Waals surface area contributed by atoms with Gasteiger partial charge in [-0.2, -0.15) is 0 Å². The topological polar surface area (TPSA) is 84.9 Å². The van der Waals surface area contributed by atoms with Crippen LogP contribution in [0.4, 0.5) is 5.69 Å². The SMILES string of the molecule is COc1cc(C(=O)CO)ccc1N=C(N)c1cccs1.Cl. The third kappa shape index (κ3) is 4.04. The Morgan fingerprint density at radius 3 is 2.76 bits per heavy atom. The number of ether oxygens (including phenoxy) is 1. The zero-order chi connectivity index (χ0) is 14.5. The number of nitrogens with two attached hydrogens (primary N) is 1. The monoisotopic (exact) mass is 326 g/mol. The molecule has 3 N–H and O–H groups in total. The maximum Gasteiger partial charge on any atom is 0.188 e. The van der Waals surface area contributed by atoms with Gasteiger partial charge in [0, 0.05) is 5.56 Å². The lowest BCUT2D eigenvalue weighted by atomic mass is 10.1. The molecule has 0 aliphatic carbocycles. The summed E-state index contributed by atoms with van der Waals surface area (Å²) in [4.78, 5) is 16.6. The molecule has 21 heavy (non-hydrogen) atoms. The number of ketones is 1. The number of benzene rings is 1. The molecule has 0 bridgehead atoms. The van der Waals surface area contributed by atoms with Crippen molar-refractivity contribution in [1.29, 1.82) is 0 Å². The van der Waals surface area contributed by atoms with Gasteiger partial charge in [0.1, 0.15) is 23.9 Å². The van der Waals surface area contributed by atoms with Crippen molar-refractivity contribution < 1.29 is 14.6 Å². The number of amidine groups is 1. The lowest BCUT2D eigenvalue weighted by Gasteiger charge is -2.07. The molecule has 0 atom stereocenters. The van der Waals surface area contributed by atoms with Crippen molar-refractivity contribution >= 4 is 41.1 Å². The fourth-order valence-corrected chi connectivity index (χ4v) is 2.27. The molecule has 0 radical (unpaired) electrons. The predicted octanol–water partition coefficient (Wildman–Crippen LogP) is 2.39. The average Bonchev–Trinajstić information content (AvgIpc) is 3.01. The van der Waals surface area contributed by atoms with Gasteiger partial charge in [-0.05, 0) is 29.6 Å². The van der Waals surface area contributed by atoms with E-state index in [2.05, 4.69) is 4.99 Å². The first-order valence-corrected chi connectivity index (χ1v) is 6.74. The van der Waals surface area contributed by atoms with Gasteiger partial charge < -0.3 is 15.6 Å². The van der Waals surface area contributed by atoms with Crippen LogP contribution in [0, 0.1) is 0 Å². The quantitative estimate of drug-likeness (QED) is 0.502. The van der Waals surface area contributed by atoms with Crippen LogP contribution >= 0.6 is 23.7 Å². The molecular weight excluding hydrogens is 312 g/mol. The van der Waals surface area contributed by atoms with Crippen LogP contribution < -0.4 is 10.5 Å². The zero-order valence-electron chi connectivity index (χ0n) is 11.3. The fraction of sp³-hybridized carbons (Fsp3) is 0.143. The highest BCUT2D eigenvalue weighted by Crippen LogP contribution is 2.29. The minimum absolute atomic E-state index is 0. The maximum atomic E-state index is 11.4. The van der Waals surface area contributed by atoms with Crippen LogP contribution in [0.25, 0.3) is 0 Å². The van der Waals surface area contributed by atoms with E-state index >= 15 is 0 Å². The van der Waals surface area contributed by atoms with E-state index in [0.717, 1.165) is 4.88 Å². The summed E-state index contributed by atoms with van der Waals surface area (Å²) in [5.74, 6) is 0.452. The van der Waals surface area contributed by atoms with E-state index < -0.39 is 6.61 Å². The van der Waals surface area contributed by atoms with Gasteiger partial charge in [-0.25, -0.2) is 4.99 Å². The largest absolute Gasteiger partial charge is 0.494 e. The molecule has 0 aliphatic heterocycles. The number of hydrogen-bond acceptors (Lipinski definition) is 5. The molecule has 0 saturated carbocycles. The van der Waals surface area contributed by atoms with Crippen LogP contribution in [0.1, 0.15) is 15.2 Å². The van der Waals surface area contributed by atoms with Crippen LogP contribution in [-0.4, -0.2) is 30.4 Å². The zero-order valence-corrected chi connectivity index (χ0v) is 12.9. The van der Waals surface area contributed by atoms with Crippen molar-refractivity contribution in [3.05, 3.63) is 46.2 Å². The van der Waals surface area contributed by atoms with Crippen molar-refractivity contribution in [3.8, 4) is 5.75 Å². The normalized spacial score (nSPS) is 10.9. The molecular formula is C14H15ClN2O3S.